The van der Waals surface area contributed by atoms with E-state index in [1.165, 1.54) is 23.9 Å². The van der Waals surface area contributed by atoms with Crippen LogP contribution in [0.25, 0.3) is 11.5 Å². The van der Waals surface area contributed by atoms with Crippen LogP contribution in [0.2, 0.25) is 0 Å². The highest BCUT2D eigenvalue weighted by atomic mass is 32.2. The van der Waals surface area contributed by atoms with Gasteiger partial charge >= 0.3 is 0 Å². The average molecular weight is 443 g/mol. The van der Waals surface area contributed by atoms with E-state index in [4.69, 9.17) is 4.42 Å². The lowest BCUT2D eigenvalue weighted by Gasteiger charge is -2.13. The highest BCUT2D eigenvalue weighted by Gasteiger charge is 2.14. The lowest BCUT2D eigenvalue weighted by Crippen LogP contribution is -2.31. The van der Waals surface area contributed by atoms with Crippen LogP contribution in [0, 0.1) is 17.0 Å². The van der Waals surface area contributed by atoms with Gasteiger partial charge in [0.2, 0.25) is 5.89 Å². The number of rotatable bonds is 8. The molecule has 11 nitrogen and oxygen atoms in total. The van der Waals surface area contributed by atoms with E-state index in [-0.39, 0.29) is 5.69 Å². The van der Waals surface area contributed by atoms with Gasteiger partial charge in [0, 0.05) is 48.3 Å². The van der Waals surface area contributed by atoms with Crippen LogP contribution in [0.15, 0.2) is 45.1 Å². The van der Waals surface area contributed by atoms with Gasteiger partial charge in [-0.05, 0) is 32.9 Å². The van der Waals surface area contributed by atoms with Crippen LogP contribution in [0.4, 0.5) is 11.5 Å². The Labute approximate surface area is 183 Å². The molecule has 2 heterocycles. The lowest BCUT2D eigenvalue weighted by molar-refractivity contribution is -0.384. The van der Waals surface area contributed by atoms with Gasteiger partial charge in [0.25, 0.3) is 10.9 Å². The number of nitrogens with zero attached hydrogens (tertiary/aromatic N) is 6. The van der Waals surface area contributed by atoms with Gasteiger partial charge in [-0.25, -0.2) is 9.97 Å². The largest absolute Gasteiger partial charge is 0.411 e. The molecule has 2 N–H and O–H groups in total. The van der Waals surface area contributed by atoms with Crippen molar-refractivity contribution in [1.29, 1.82) is 0 Å². The minimum atomic E-state index is -0.458. The number of anilines is 1. The monoisotopic (exact) mass is 442 g/mol. The summed E-state index contributed by atoms with van der Waals surface area (Å²) in [6.45, 7) is 7.14. The van der Waals surface area contributed by atoms with Gasteiger partial charge in [-0.15, -0.1) is 10.2 Å². The predicted octanol–water partition coefficient (Wildman–Crippen LogP) is 3.43. The van der Waals surface area contributed by atoms with Gasteiger partial charge in [-0.1, -0.05) is 11.8 Å². The van der Waals surface area contributed by atoms with E-state index >= 15 is 0 Å². The molecule has 0 aliphatic carbocycles. The SMILES string of the molecule is CCN=C(NCC)Nc1nc(C)ncc1CSc1nnc(-c2ccc([N+](=O)[O-])cc2)o1. The molecule has 0 amide bonds. The highest BCUT2D eigenvalue weighted by Crippen LogP contribution is 2.28. The first-order valence-corrected chi connectivity index (χ1v) is 10.6. The van der Waals surface area contributed by atoms with Crippen molar-refractivity contribution in [3.8, 4) is 11.5 Å². The molecule has 162 valence electrons. The number of aliphatic imine (C=N–C) groups is 1. The van der Waals surface area contributed by atoms with E-state index in [0.717, 1.165) is 12.1 Å². The summed E-state index contributed by atoms with van der Waals surface area (Å²) in [4.78, 5) is 23.5. The Bertz CT molecular complexity index is 1070. The minimum Gasteiger partial charge on any atom is -0.411 e. The van der Waals surface area contributed by atoms with Crippen molar-refractivity contribution < 1.29 is 9.34 Å². The van der Waals surface area contributed by atoms with Gasteiger partial charge in [-0.3, -0.25) is 15.1 Å². The van der Waals surface area contributed by atoms with Crippen molar-refractivity contribution in [1.82, 2.24) is 25.5 Å². The third-order valence-electron chi connectivity index (χ3n) is 3.96. The molecule has 3 rings (SSSR count). The molecule has 0 spiro atoms. The molecule has 31 heavy (non-hydrogen) atoms. The number of thioether (sulfide) groups is 1. The molecule has 3 aromatic rings. The molecule has 0 saturated carbocycles. The molecule has 0 bridgehead atoms. The number of guanidine groups is 1. The van der Waals surface area contributed by atoms with E-state index in [9.17, 15) is 10.1 Å². The number of nitro benzene ring substituents is 1. The molecule has 0 radical (unpaired) electrons. The van der Waals surface area contributed by atoms with Crippen LogP contribution >= 0.6 is 11.8 Å². The van der Waals surface area contributed by atoms with Crippen molar-refractivity contribution in [2.75, 3.05) is 18.4 Å². The van der Waals surface area contributed by atoms with Crippen LogP contribution in [0.3, 0.4) is 0 Å². The zero-order chi connectivity index (χ0) is 22.2. The third kappa shape index (κ3) is 5.98. The molecule has 0 unspecified atom stereocenters. The topological polar surface area (TPSA) is 144 Å². The number of aromatic nitrogens is 4. The number of benzene rings is 1. The second-order valence-corrected chi connectivity index (χ2v) is 7.16. The predicted molar refractivity (Wildman–Crippen MR) is 118 cm³/mol. The second-order valence-electron chi connectivity index (χ2n) is 6.24. The first-order valence-electron chi connectivity index (χ1n) is 9.59. The third-order valence-corrected chi connectivity index (χ3v) is 4.83. The molecule has 12 heteroatoms. The summed E-state index contributed by atoms with van der Waals surface area (Å²) in [6.07, 6.45) is 1.75. The van der Waals surface area contributed by atoms with Gasteiger partial charge in [0.15, 0.2) is 5.96 Å². The van der Waals surface area contributed by atoms with E-state index < -0.39 is 4.92 Å². The van der Waals surface area contributed by atoms with Crippen molar-refractivity contribution >= 4 is 29.2 Å². The summed E-state index contributed by atoms with van der Waals surface area (Å²) < 4.78 is 5.69. The second kappa shape index (κ2) is 10.5. The number of hydrogen-bond acceptors (Lipinski definition) is 9. The summed E-state index contributed by atoms with van der Waals surface area (Å²) in [5.74, 6) is 2.73. The molecule has 0 fully saturated rings. The van der Waals surface area contributed by atoms with Gasteiger partial charge in [0.05, 0.1) is 4.92 Å². The Morgan fingerprint density at radius 1 is 1.26 bits per heavy atom. The minimum absolute atomic E-state index is 0.000749. The van der Waals surface area contributed by atoms with Crippen molar-refractivity contribution in [2.45, 2.75) is 31.7 Å². The summed E-state index contributed by atoms with van der Waals surface area (Å²) in [6, 6.07) is 5.94. The van der Waals surface area contributed by atoms with Crippen LogP contribution in [-0.4, -0.2) is 44.1 Å². The Morgan fingerprint density at radius 3 is 2.71 bits per heavy atom. The van der Waals surface area contributed by atoms with Crippen LogP contribution in [-0.2, 0) is 5.75 Å². The maximum absolute atomic E-state index is 10.8. The molecule has 0 atom stereocenters. The maximum Gasteiger partial charge on any atom is 0.277 e. The molecular weight excluding hydrogens is 420 g/mol. The summed E-state index contributed by atoms with van der Waals surface area (Å²) in [5, 5.41) is 25.6. The molecular formula is C19H22N8O3S. The number of nitro groups is 1. The quantitative estimate of drug-likeness (QED) is 0.175. The van der Waals surface area contributed by atoms with E-state index in [2.05, 4.69) is 35.8 Å². The van der Waals surface area contributed by atoms with E-state index in [0.29, 0.717) is 46.6 Å². The van der Waals surface area contributed by atoms with Crippen molar-refractivity contribution in [3.63, 3.8) is 0 Å². The molecule has 1 aromatic carbocycles. The number of aryl methyl sites for hydroxylation is 1. The van der Waals surface area contributed by atoms with E-state index in [1.807, 2.05) is 20.8 Å². The zero-order valence-corrected chi connectivity index (χ0v) is 18.1. The fraction of sp³-hybridized carbons (Fsp3) is 0.316. The summed E-state index contributed by atoms with van der Waals surface area (Å²) >= 11 is 1.34. The number of hydrogen-bond donors (Lipinski definition) is 2. The Kier molecular flexibility index (Phi) is 7.49. The van der Waals surface area contributed by atoms with Gasteiger partial charge in [-0.2, -0.15) is 0 Å². The smallest absolute Gasteiger partial charge is 0.277 e. The number of nitrogens with one attached hydrogen (secondary N) is 2. The Hall–Kier alpha value is -3.54. The lowest BCUT2D eigenvalue weighted by atomic mass is 10.2. The maximum atomic E-state index is 10.8. The summed E-state index contributed by atoms with van der Waals surface area (Å²) in [7, 11) is 0. The van der Waals surface area contributed by atoms with Gasteiger partial charge < -0.3 is 15.1 Å². The highest BCUT2D eigenvalue weighted by molar-refractivity contribution is 7.98. The van der Waals surface area contributed by atoms with Crippen LogP contribution in [0.1, 0.15) is 25.2 Å². The fourth-order valence-corrected chi connectivity index (χ4v) is 3.26. The molecule has 2 aromatic heterocycles. The fourth-order valence-electron chi connectivity index (χ4n) is 2.54. The van der Waals surface area contributed by atoms with Crippen molar-refractivity contribution in [2.24, 2.45) is 4.99 Å². The number of non-ortho nitro benzene ring substituents is 1. The Morgan fingerprint density at radius 2 is 2.03 bits per heavy atom. The van der Waals surface area contributed by atoms with Gasteiger partial charge in [0.1, 0.15) is 11.6 Å². The van der Waals surface area contributed by atoms with Crippen LogP contribution in [0.5, 0.6) is 0 Å². The van der Waals surface area contributed by atoms with E-state index in [1.54, 1.807) is 18.3 Å². The molecule has 0 aliphatic heterocycles. The molecule has 0 saturated heterocycles. The normalized spacial score (nSPS) is 11.4. The van der Waals surface area contributed by atoms with Crippen molar-refractivity contribution in [3.05, 3.63) is 52.0 Å². The Balaban J connectivity index is 1.71. The average Bonchev–Trinajstić information content (AvgIpc) is 3.23. The first-order chi connectivity index (χ1) is 15.0. The standard InChI is InChI=1S/C19H22N8O3S/c1-4-20-18(21-5-2)24-16-14(10-22-12(3)23-16)11-31-19-26-25-17(30-19)13-6-8-15(9-7-13)27(28)29/h6-10H,4-5,11H2,1-3H3,(H2,20,21,22,23,24). The first kappa shape index (κ1) is 22.2. The summed E-state index contributed by atoms with van der Waals surface area (Å²) in [5.41, 5.74) is 1.46. The van der Waals surface area contributed by atoms with Crippen LogP contribution < -0.4 is 10.6 Å². The zero-order valence-electron chi connectivity index (χ0n) is 17.3. The molecule has 0 aliphatic rings.